The molecule has 2 unspecified atom stereocenters. The average molecular weight is 193 g/mol. The fourth-order valence-electron chi connectivity index (χ4n) is 1.24. The predicted molar refractivity (Wildman–Crippen MR) is 60.4 cm³/mol. The van der Waals surface area contributed by atoms with E-state index in [1.165, 1.54) is 0 Å². The highest BCUT2D eigenvalue weighted by Gasteiger charge is 2.07. The first kappa shape index (κ1) is 11.1. The van der Waals surface area contributed by atoms with E-state index in [1.54, 1.807) is 0 Å². The molecule has 0 saturated heterocycles. The highest BCUT2D eigenvalue weighted by molar-refractivity contribution is 5.42. The van der Waals surface area contributed by atoms with E-state index in [0.717, 1.165) is 18.7 Å². The van der Waals surface area contributed by atoms with Gasteiger partial charge in [-0.3, -0.25) is 0 Å². The Morgan fingerprint density at radius 1 is 1.21 bits per heavy atom. The first-order chi connectivity index (χ1) is 6.70. The lowest BCUT2D eigenvalue weighted by molar-refractivity contribution is 0.132. The van der Waals surface area contributed by atoms with Gasteiger partial charge in [0.2, 0.25) is 0 Å². The van der Waals surface area contributed by atoms with Crippen molar-refractivity contribution in [3.05, 3.63) is 30.3 Å². The number of aliphatic hydroxyl groups is 1. The van der Waals surface area contributed by atoms with Crippen molar-refractivity contribution in [3.8, 4) is 0 Å². The molecular formula is C12H19NO. The molecule has 78 valence electrons. The van der Waals surface area contributed by atoms with Crippen LogP contribution in [0.4, 0.5) is 5.69 Å². The number of aliphatic hydroxyl groups excluding tert-OH is 1. The van der Waals surface area contributed by atoms with Gasteiger partial charge in [-0.25, -0.2) is 0 Å². The molecule has 1 aromatic rings. The zero-order valence-corrected chi connectivity index (χ0v) is 8.90. The topological polar surface area (TPSA) is 32.3 Å². The van der Waals surface area contributed by atoms with E-state index >= 15 is 0 Å². The van der Waals surface area contributed by atoms with Gasteiger partial charge in [0.15, 0.2) is 0 Å². The van der Waals surface area contributed by atoms with Crippen LogP contribution in [0.2, 0.25) is 0 Å². The molecule has 0 bridgehead atoms. The van der Waals surface area contributed by atoms with Crippen LogP contribution >= 0.6 is 0 Å². The molecule has 0 aromatic heterocycles. The Labute approximate surface area is 86.0 Å². The minimum atomic E-state index is -0.215. The molecule has 2 atom stereocenters. The second kappa shape index (κ2) is 5.66. The summed E-state index contributed by atoms with van der Waals surface area (Å²) in [6.45, 7) is 4.82. The lowest BCUT2D eigenvalue weighted by Crippen LogP contribution is -2.16. The third-order valence-electron chi connectivity index (χ3n) is 2.53. The van der Waals surface area contributed by atoms with Gasteiger partial charge in [0.05, 0.1) is 6.10 Å². The van der Waals surface area contributed by atoms with Crippen LogP contribution < -0.4 is 5.32 Å². The maximum atomic E-state index is 9.29. The van der Waals surface area contributed by atoms with Gasteiger partial charge in [0.1, 0.15) is 0 Å². The fraction of sp³-hybridized carbons (Fsp3) is 0.500. The molecule has 0 aliphatic rings. The van der Waals surface area contributed by atoms with Gasteiger partial charge in [-0.2, -0.15) is 0 Å². The summed E-state index contributed by atoms with van der Waals surface area (Å²) in [5, 5.41) is 12.6. The van der Waals surface area contributed by atoms with Gasteiger partial charge in [-0.1, -0.05) is 25.1 Å². The zero-order valence-electron chi connectivity index (χ0n) is 8.90. The zero-order chi connectivity index (χ0) is 10.4. The van der Waals surface area contributed by atoms with Crippen LogP contribution in [-0.2, 0) is 0 Å². The van der Waals surface area contributed by atoms with Crippen molar-refractivity contribution in [1.29, 1.82) is 0 Å². The number of benzene rings is 1. The Morgan fingerprint density at radius 3 is 2.43 bits per heavy atom. The van der Waals surface area contributed by atoms with E-state index in [2.05, 4.69) is 12.2 Å². The van der Waals surface area contributed by atoms with Crippen LogP contribution in [0.5, 0.6) is 0 Å². The summed E-state index contributed by atoms with van der Waals surface area (Å²) in [5.41, 5.74) is 1.14. The Balaban J connectivity index is 2.22. The van der Waals surface area contributed by atoms with Crippen LogP contribution in [-0.4, -0.2) is 17.8 Å². The molecule has 0 fully saturated rings. The van der Waals surface area contributed by atoms with Crippen molar-refractivity contribution < 1.29 is 5.11 Å². The summed E-state index contributed by atoms with van der Waals surface area (Å²) in [5.74, 6) is 0.353. The van der Waals surface area contributed by atoms with E-state index < -0.39 is 0 Å². The summed E-state index contributed by atoms with van der Waals surface area (Å²) in [4.78, 5) is 0. The molecular weight excluding hydrogens is 174 g/mol. The van der Waals surface area contributed by atoms with E-state index in [1.807, 2.05) is 37.3 Å². The minimum Gasteiger partial charge on any atom is -0.393 e. The second-order valence-corrected chi connectivity index (χ2v) is 3.80. The highest BCUT2D eigenvalue weighted by atomic mass is 16.3. The Bertz CT molecular complexity index is 246. The van der Waals surface area contributed by atoms with E-state index in [9.17, 15) is 5.11 Å². The highest BCUT2D eigenvalue weighted by Crippen LogP contribution is 2.09. The lowest BCUT2D eigenvalue weighted by Gasteiger charge is -2.14. The van der Waals surface area contributed by atoms with Crippen LogP contribution in [0.1, 0.15) is 20.3 Å². The van der Waals surface area contributed by atoms with Gasteiger partial charge < -0.3 is 10.4 Å². The fourth-order valence-corrected chi connectivity index (χ4v) is 1.24. The summed E-state index contributed by atoms with van der Waals surface area (Å²) < 4.78 is 0. The smallest absolute Gasteiger partial charge is 0.0538 e. The summed E-state index contributed by atoms with van der Waals surface area (Å²) in [7, 11) is 0. The molecule has 1 aromatic carbocycles. The SMILES string of the molecule is CC(O)C(C)CCNc1ccccc1. The van der Waals surface area contributed by atoms with E-state index in [0.29, 0.717) is 5.92 Å². The van der Waals surface area contributed by atoms with Gasteiger partial charge in [0, 0.05) is 12.2 Å². The van der Waals surface area contributed by atoms with Crippen molar-refractivity contribution in [1.82, 2.24) is 0 Å². The molecule has 0 saturated carbocycles. The van der Waals surface area contributed by atoms with Gasteiger partial charge in [-0.15, -0.1) is 0 Å². The quantitative estimate of drug-likeness (QED) is 0.753. The molecule has 2 heteroatoms. The molecule has 2 N–H and O–H groups in total. The number of hydrogen-bond acceptors (Lipinski definition) is 2. The van der Waals surface area contributed by atoms with Crippen LogP contribution in [0.25, 0.3) is 0 Å². The monoisotopic (exact) mass is 193 g/mol. The number of rotatable bonds is 5. The maximum Gasteiger partial charge on any atom is 0.0538 e. The van der Waals surface area contributed by atoms with E-state index in [-0.39, 0.29) is 6.10 Å². The summed E-state index contributed by atoms with van der Waals surface area (Å²) in [6, 6.07) is 10.1. The van der Waals surface area contributed by atoms with E-state index in [4.69, 9.17) is 0 Å². The number of nitrogens with one attached hydrogen (secondary N) is 1. The predicted octanol–water partition coefficient (Wildman–Crippen LogP) is 2.51. The molecule has 14 heavy (non-hydrogen) atoms. The molecule has 0 aliphatic heterocycles. The Hall–Kier alpha value is -1.02. The van der Waals surface area contributed by atoms with Gasteiger partial charge >= 0.3 is 0 Å². The molecule has 0 spiro atoms. The molecule has 0 amide bonds. The van der Waals surface area contributed by atoms with Crippen molar-refractivity contribution in [3.63, 3.8) is 0 Å². The standard InChI is InChI=1S/C12H19NO/c1-10(11(2)14)8-9-13-12-6-4-3-5-7-12/h3-7,10-11,13-14H,8-9H2,1-2H3. The largest absolute Gasteiger partial charge is 0.393 e. The number of anilines is 1. The molecule has 0 radical (unpaired) electrons. The molecule has 0 aliphatic carbocycles. The van der Waals surface area contributed by atoms with Crippen LogP contribution in [0.3, 0.4) is 0 Å². The summed E-state index contributed by atoms with van der Waals surface area (Å²) >= 11 is 0. The first-order valence-corrected chi connectivity index (χ1v) is 5.17. The van der Waals surface area contributed by atoms with Crippen LogP contribution in [0.15, 0.2) is 30.3 Å². The van der Waals surface area contributed by atoms with Gasteiger partial charge in [-0.05, 0) is 31.4 Å². The lowest BCUT2D eigenvalue weighted by atomic mass is 10.0. The Kier molecular flexibility index (Phi) is 4.47. The second-order valence-electron chi connectivity index (χ2n) is 3.80. The number of hydrogen-bond donors (Lipinski definition) is 2. The normalized spacial score (nSPS) is 14.8. The number of para-hydroxylation sites is 1. The van der Waals surface area contributed by atoms with Gasteiger partial charge in [0.25, 0.3) is 0 Å². The third-order valence-corrected chi connectivity index (χ3v) is 2.53. The van der Waals surface area contributed by atoms with Crippen molar-refractivity contribution in [2.45, 2.75) is 26.4 Å². The Morgan fingerprint density at radius 2 is 1.86 bits per heavy atom. The minimum absolute atomic E-state index is 0.215. The third kappa shape index (κ3) is 3.79. The first-order valence-electron chi connectivity index (χ1n) is 5.17. The maximum absolute atomic E-state index is 9.29. The van der Waals surface area contributed by atoms with Crippen LogP contribution in [0, 0.1) is 5.92 Å². The van der Waals surface area contributed by atoms with Crippen molar-refractivity contribution in [2.75, 3.05) is 11.9 Å². The van der Waals surface area contributed by atoms with Crippen molar-refractivity contribution in [2.24, 2.45) is 5.92 Å². The summed E-state index contributed by atoms with van der Waals surface area (Å²) in [6.07, 6.45) is 0.777. The average Bonchev–Trinajstić information content (AvgIpc) is 2.19. The molecule has 1 rings (SSSR count). The molecule has 2 nitrogen and oxygen atoms in total. The van der Waals surface area contributed by atoms with Crippen molar-refractivity contribution >= 4 is 5.69 Å². The molecule has 0 heterocycles.